The van der Waals surface area contributed by atoms with Gasteiger partial charge in [0.05, 0.1) is 17.9 Å². The molecular weight excluding hydrogens is 1070 g/mol. The number of unbranched alkanes of at least 4 members (excludes halogenated alkanes) is 29. The van der Waals surface area contributed by atoms with Crippen molar-refractivity contribution in [3.8, 4) is 0 Å². The van der Waals surface area contributed by atoms with Gasteiger partial charge in [0, 0.05) is 24.9 Å². The number of carbonyl (C=O) groups excluding carboxylic acids is 4. The van der Waals surface area contributed by atoms with Gasteiger partial charge < -0.3 is 18.9 Å². The molecule has 0 rings (SSSR count). The zero-order valence-electron chi connectivity index (χ0n) is 58.1. The van der Waals surface area contributed by atoms with Crippen LogP contribution < -0.4 is 0 Å². The molecule has 0 aromatic rings. The highest BCUT2D eigenvalue weighted by Gasteiger charge is 2.33. The van der Waals surface area contributed by atoms with E-state index < -0.39 is 5.41 Å². The molecule has 0 aromatic carbocycles. The molecule has 0 bridgehead atoms. The van der Waals surface area contributed by atoms with E-state index in [0.717, 1.165) is 161 Å². The third-order valence-corrected chi connectivity index (χ3v) is 17.8. The smallest absolute Gasteiger partial charge is 0.368 e. The van der Waals surface area contributed by atoms with Crippen molar-refractivity contribution in [3.05, 3.63) is 24.3 Å². The Balaban J connectivity index is 5.25. The number of esters is 3. The summed E-state index contributed by atoms with van der Waals surface area (Å²) < 4.78 is 24.3. The molecule has 0 saturated heterocycles. The van der Waals surface area contributed by atoms with Gasteiger partial charge in [-0.3, -0.25) is 19.3 Å². The molecule has 0 saturated carbocycles. The fraction of sp³-hybridized carbons (Fsp3) is 0.893. The standard InChI is InChI=1S/C75H141NO8S/c1-12-17-22-27-28-29-30-31-32-33-34-35-36-37-44-53-62-81-72(79)75(10,11)63-66(6)64-76(74(7,8)9)65-85-73(80)84-69(58-49-40-38-42-51-60-70(77)82-67(54-45-23-18-13-2)55-46-24-19-14-3)59-50-41-39-43-52-61-71(78)83-68(56-47-25-20-15-4)57-48-26-21-16-5/h28-29,31-32,66-69H,12-27,30,33-65H2,1-11H3/b29-28-,32-31-. The van der Waals surface area contributed by atoms with Gasteiger partial charge in [-0.2, -0.15) is 0 Å². The monoisotopic (exact) mass is 1220 g/mol. The molecule has 500 valence electrons. The molecule has 0 aliphatic rings. The lowest BCUT2D eigenvalue weighted by molar-refractivity contribution is -0.155. The highest BCUT2D eigenvalue weighted by molar-refractivity contribution is 8.13. The van der Waals surface area contributed by atoms with Crippen LogP contribution >= 0.6 is 11.8 Å². The van der Waals surface area contributed by atoms with Crippen LogP contribution in [0, 0.1) is 11.3 Å². The van der Waals surface area contributed by atoms with Crippen LogP contribution in [-0.2, 0) is 33.3 Å². The number of ether oxygens (including phenoxy) is 4. The van der Waals surface area contributed by atoms with Crippen molar-refractivity contribution in [2.75, 3.05) is 19.0 Å². The third-order valence-electron chi connectivity index (χ3n) is 17.0. The Morgan fingerprint density at radius 3 is 1.18 bits per heavy atom. The van der Waals surface area contributed by atoms with Crippen LogP contribution in [0.1, 0.15) is 378 Å². The van der Waals surface area contributed by atoms with Crippen LogP contribution in [0.2, 0.25) is 0 Å². The van der Waals surface area contributed by atoms with Crippen molar-refractivity contribution in [2.45, 2.75) is 402 Å². The van der Waals surface area contributed by atoms with Gasteiger partial charge in [-0.1, -0.05) is 220 Å². The van der Waals surface area contributed by atoms with Gasteiger partial charge in [-0.25, -0.2) is 4.79 Å². The Morgan fingerprint density at radius 2 is 0.765 bits per heavy atom. The molecule has 0 N–H and O–H groups in total. The summed E-state index contributed by atoms with van der Waals surface area (Å²) >= 11 is 1.25. The summed E-state index contributed by atoms with van der Waals surface area (Å²) in [5.41, 5.74) is -0.790. The van der Waals surface area contributed by atoms with Crippen molar-refractivity contribution >= 4 is 35.0 Å². The summed E-state index contributed by atoms with van der Waals surface area (Å²) in [5.74, 6) is 0.529. The van der Waals surface area contributed by atoms with Gasteiger partial charge in [0.25, 0.3) is 0 Å². The van der Waals surface area contributed by atoms with E-state index in [-0.39, 0.29) is 53.0 Å². The Labute approximate surface area is 531 Å². The third kappa shape index (κ3) is 53.2. The number of hydrogen-bond donors (Lipinski definition) is 0. The number of allylic oxidation sites excluding steroid dienone is 4. The highest BCUT2D eigenvalue weighted by Crippen LogP contribution is 2.31. The van der Waals surface area contributed by atoms with Crippen LogP contribution in [0.4, 0.5) is 4.79 Å². The minimum atomic E-state index is -0.605. The van der Waals surface area contributed by atoms with Crippen LogP contribution in [-0.4, -0.2) is 71.0 Å². The maximum Gasteiger partial charge on any atom is 0.368 e. The van der Waals surface area contributed by atoms with Crippen molar-refractivity contribution in [2.24, 2.45) is 11.3 Å². The van der Waals surface area contributed by atoms with E-state index >= 15 is 0 Å². The van der Waals surface area contributed by atoms with Gasteiger partial charge >= 0.3 is 23.2 Å². The summed E-state index contributed by atoms with van der Waals surface area (Å²) in [4.78, 5) is 55.3. The molecule has 0 aliphatic heterocycles. The largest absolute Gasteiger partial charge is 0.465 e. The number of rotatable bonds is 61. The van der Waals surface area contributed by atoms with Crippen molar-refractivity contribution in [3.63, 3.8) is 0 Å². The molecule has 9 nitrogen and oxygen atoms in total. The van der Waals surface area contributed by atoms with Crippen LogP contribution in [0.25, 0.3) is 0 Å². The van der Waals surface area contributed by atoms with Crippen molar-refractivity contribution in [1.29, 1.82) is 0 Å². The molecule has 1 atom stereocenters. The Hall–Kier alpha value is -2.33. The molecule has 0 radical (unpaired) electrons. The number of nitrogens with zero attached hydrogens (tertiary/aromatic N) is 1. The van der Waals surface area contributed by atoms with E-state index in [2.05, 4.69) is 91.5 Å². The van der Waals surface area contributed by atoms with Crippen LogP contribution in [0.3, 0.4) is 0 Å². The van der Waals surface area contributed by atoms with Crippen LogP contribution in [0.15, 0.2) is 24.3 Å². The maximum absolute atomic E-state index is 13.7. The van der Waals surface area contributed by atoms with E-state index in [0.29, 0.717) is 31.7 Å². The number of hydrogen-bond acceptors (Lipinski definition) is 10. The molecular formula is C75H141NO8S. The zero-order valence-corrected chi connectivity index (χ0v) is 58.9. The first-order valence-electron chi connectivity index (χ1n) is 36.5. The first-order valence-corrected chi connectivity index (χ1v) is 37.5. The zero-order chi connectivity index (χ0) is 62.9. The molecule has 0 amide bonds. The second-order valence-electron chi connectivity index (χ2n) is 27.3. The summed E-state index contributed by atoms with van der Waals surface area (Å²) in [6.07, 6.45) is 59.8. The molecule has 0 heterocycles. The normalized spacial score (nSPS) is 12.7. The average molecular weight is 1220 g/mol. The second-order valence-corrected chi connectivity index (χ2v) is 28.2. The second kappa shape index (κ2) is 58.1. The predicted octanol–water partition coefficient (Wildman–Crippen LogP) is 23.9. The van der Waals surface area contributed by atoms with E-state index in [1.165, 1.54) is 140 Å². The molecule has 0 aromatic heterocycles. The van der Waals surface area contributed by atoms with E-state index in [9.17, 15) is 19.2 Å². The van der Waals surface area contributed by atoms with E-state index in [1.54, 1.807) is 0 Å². The van der Waals surface area contributed by atoms with Gasteiger partial charge in [-0.05, 0) is 187 Å². The van der Waals surface area contributed by atoms with Gasteiger partial charge in [0.1, 0.15) is 18.3 Å². The molecule has 0 aliphatic carbocycles. The average Bonchev–Trinajstić information content (AvgIpc) is 3.67. The van der Waals surface area contributed by atoms with Crippen molar-refractivity contribution < 1.29 is 38.1 Å². The predicted molar refractivity (Wildman–Crippen MR) is 366 cm³/mol. The summed E-state index contributed by atoms with van der Waals surface area (Å²) in [7, 11) is 0. The summed E-state index contributed by atoms with van der Waals surface area (Å²) in [5, 5.41) is -0.222. The lowest BCUT2D eigenvalue weighted by atomic mass is 9.83. The summed E-state index contributed by atoms with van der Waals surface area (Å²) in [6, 6.07) is 0. The Bertz CT molecular complexity index is 1530. The molecule has 85 heavy (non-hydrogen) atoms. The molecule has 1 unspecified atom stereocenters. The maximum atomic E-state index is 13.7. The SMILES string of the molecule is CCCCC/C=C\C/C=C\CCCCCCCCOC(=O)C(C)(C)CC(C)CN(CSC(=O)OC(CCCCCCCC(=O)OC(CCCCCC)CCCCCC)CCCCCCCC(=O)OC(CCCCCC)CCCCCC)C(C)(C)C. The number of thioether (sulfide) groups is 1. The molecule has 0 fully saturated rings. The van der Waals surface area contributed by atoms with Gasteiger partial charge in [0.15, 0.2) is 0 Å². The summed E-state index contributed by atoms with van der Waals surface area (Å²) in [6.45, 7) is 25.2. The minimum Gasteiger partial charge on any atom is -0.465 e. The van der Waals surface area contributed by atoms with Gasteiger partial charge in [-0.15, -0.1) is 0 Å². The first kappa shape index (κ1) is 82.7. The topological polar surface area (TPSA) is 108 Å². The Morgan fingerprint density at radius 1 is 0.424 bits per heavy atom. The number of carbonyl (C=O) groups is 4. The van der Waals surface area contributed by atoms with E-state index in [4.69, 9.17) is 18.9 Å². The fourth-order valence-electron chi connectivity index (χ4n) is 11.5. The molecule has 0 spiro atoms. The van der Waals surface area contributed by atoms with E-state index in [1.807, 2.05) is 13.8 Å². The Kier molecular flexibility index (Phi) is 56.5. The van der Waals surface area contributed by atoms with Gasteiger partial charge in [0.2, 0.25) is 0 Å². The fourth-order valence-corrected chi connectivity index (χ4v) is 12.4. The lowest BCUT2D eigenvalue weighted by Crippen LogP contribution is -2.44. The van der Waals surface area contributed by atoms with Crippen LogP contribution in [0.5, 0.6) is 0 Å². The minimum absolute atomic E-state index is 0.0350. The van der Waals surface area contributed by atoms with Crippen molar-refractivity contribution in [1.82, 2.24) is 4.90 Å². The highest BCUT2D eigenvalue weighted by atomic mass is 32.2. The first-order chi connectivity index (χ1) is 41.0. The molecule has 10 heteroatoms. The quantitative estimate of drug-likeness (QED) is 0.0192. The lowest BCUT2D eigenvalue weighted by Gasteiger charge is -2.38.